The Morgan fingerprint density at radius 3 is 2.78 bits per heavy atom. The highest BCUT2D eigenvalue weighted by Gasteiger charge is 2.39. The highest BCUT2D eigenvalue weighted by atomic mass is 19.1. The van der Waals surface area contributed by atoms with Crippen LogP contribution >= 0.6 is 0 Å². The fraction of sp³-hybridized carbons (Fsp3) is 0.462. The molecule has 2 fully saturated rings. The van der Waals surface area contributed by atoms with Gasteiger partial charge in [-0.15, -0.1) is 0 Å². The summed E-state index contributed by atoms with van der Waals surface area (Å²) < 4.78 is 13.4. The van der Waals surface area contributed by atoms with Crippen molar-refractivity contribution in [2.75, 3.05) is 17.2 Å². The Kier molecular flexibility index (Phi) is 2.43. The molecule has 0 spiro atoms. The molecule has 3 N–H and O–H groups in total. The Labute approximate surface area is 104 Å². The number of hydrogen-bond acceptors (Lipinski definition) is 3. The zero-order valence-electron chi connectivity index (χ0n) is 9.90. The predicted octanol–water partition coefficient (Wildman–Crippen LogP) is 2.09. The Bertz CT molecular complexity index is 518. The number of nitrogens with zero attached hydrogens (tertiary/aromatic N) is 1. The number of rotatable bonds is 2. The number of carboxylic acids is 1. The lowest BCUT2D eigenvalue weighted by Crippen LogP contribution is -2.33. The van der Waals surface area contributed by atoms with Gasteiger partial charge >= 0.3 is 5.97 Å². The van der Waals surface area contributed by atoms with E-state index in [9.17, 15) is 14.3 Å². The monoisotopic (exact) mass is 250 g/mol. The van der Waals surface area contributed by atoms with Crippen LogP contribution in [0.5, 0.6) is 0 Å². The third-order valence-electron chi connectivity index (χ3n) is 4.10. The lowest BCUT2D eigenvalue weighted by molar-refractivity contribution is 0.0698. The van der Waals surface area contributed by atoms with Crippen LogP contribution < -0.4 is 10.6 Å². The molecule has 18 heavy (non-hydrogen) atoms. The third-order valence-corrected chi connectivity index (χ3v) is 4.10. The van der Waals surface area contributed by atoms with Gasteiger partial charge in [0.05, 0.1) is 11.4 Å². The number of halogens is 1. The Morgan fingerprint density at radius 2 is 2.22 bits per heavy atom. The number of benzene rings is 1. The fourth-order valence-electron chi connectivity index (χ4n) is 3.27. The van der Waals surface area contributed by atoms with Gasteiger partial charge in [-0.05, 0) is 37.3 Å². The molecule has 4 nitrogen and oxygen atoms in total. The van der Waals surface area contributed by atoms with Crippen LogP contribution in [0.1, 0.15) is 29.6 Å². The molecule has 5 heteroatoms. The number of fused-ring (bicyclic) bond motifs is 2. The molecule has 0 amide bonds. The normalized spacial score (nSPS) is 25.7. The van der Waals surface area contributed by atoms with E-state index >= 15 is 0 Å². The van der Waals surface area contributed by atoms with Crippen LogP contribution in [0.4, 0.5) is 15.8 Å². The first-order chi connectivity index (χ1) is 8.58. The van der Waals surface area contributed by atoms with Gasteiger partial charge in [0.1, 0.15) is 11.4 Å². The van der Waals surface area contributed by atoms with Gasteiger partial charge in [-0.1, -0.05) is 0 Å². The molecule has 1 aromatic carbocycles. The zero-order valence-corrected chi connectivity index (χ0v) is 9.90. The summed E-state index contributed by atoms with van der Waals surface area (Å²) in [5.41, 5.74) is 5.77. The minimum absolute atomic E-state index is 0.0949. The highest BCUT2D eigenvalue weighted by molar-refractivity contribution is 6.00. The van der Waals surface area contributed by atoms with Crippen LogP contribution in [0.15, 0.2) is 12.1 Å². The van der Waals surface area contributed by atoms with E-state index in [2.05, 4.69) is 4.90 Å². The standard InChI is InChI=1S/C13H15FN2O2/c14-9-3-4-10(11(12(9)15)13(17)18)16-6-7-1-2-8(16)5-7/h3-4,7-8H,1-2,5-6,15H2,(H,17,18). The molecule has 0 radical (unpaired) electrons. The summed E-state index contributed by atoms with van der Waals surface area (Å²) in [5, 5.41) is 9.23. The van der Waals surface area contributed by atoms with E-state index in [0.717, 1.165) is 19.4 Å². The Balaban J connectivity index is 2.07. The maximum absolute atomic E-state index is 13.4. The number of carboxylic acid groups (broad SMARTS) is 1. The van der Waals surface area contributed by atoms with Crippen LogP contribution in [0.3, 0.4) is 0 Å². The third kappa shape index (κ3) is 1.54. The predicted molar refractivity (Wildman–Crippen MR) is 66.2 cm³/mol. The molecule has 1 saturated heterocycles. The van der Waals surface area contributed by atoms with Crippen molar-refractivity contribution in [1.82, 2.24) is 0 Å². The van der Waals surface area contributed by atoms with Crippen molar-refractivity contribution >= 4 is 17.3 Å². The van der Waals surface area contributed by atoms with Crippen LogP contribution in [0.25, 0.3) is 0 Å². The molecule has 1 saturated carbocycles. The van der Waals surface area contributed by atoms with Crippen molar-refractivity contribution in [3.05, 3.63) is 23.5 Å². The first-order valence-electron chi connectivity index (χ1n) is 6.16. The number of nitrogen functional groups attached to an aromatic ring is 1. The number of piperidine rings is 1. The van der Waals surface area contributed by atoms with E-state index in [1.54, 1.807) is 0 Å². The molecule has 2 atom stereocenters. The SMILES string of the molecule is Nc1c(F)ccc(N2CC3CCC2C3)c1C(=O)O. The quantitative estimate of drug-likeness (QED) is 0.789. The highest BCUT2D eigenvalue weighted by Crippen LogP contribution is 2.42. The summed E-state index contributed by atoms with van der Waals surface area (Å²) in [6.07, 6.45) is 3.40. The molecule has 1 aliphatic heterocycles. The van der Waals surface area contributed by atoms with Gasteiger partial charge < -0.3 is 15.7 Å². The topological polar surface area (TPSA) is 66.6 Å². The van der Waals surface area contributed by atoms with Crippen molar-refractivity contribution in [1.29, 1.82) is 0 Å². The van der Waals surface area contributed by atoms with E-state index in [1.807, 2.05) is 0 Å². The number of carbonyl (C=O) groups is 1. The molecule has 2 unspecified atom stereocenters. The van der Waals surface area contributed by atoms with Gasteiger partial charge in [-0.3, -0.25) is 0 Å². The average molecular weight is 250 g/mol. The second-order valence-corrected chi connectivity index (χ2v) is 5.15. The van der Waals surface area contributed by atoms with Crippen molar-refractivity contribution in [2.24, 2.45) is 5.92 Å². The molecule has 2 bridgehead atoms. The molecule has 1 aromatic rings. The molecule has 3 rings (SSSR count). The first kappa shape index (κ1) is 11.3. The molecule has 0 aromatic heterocycles. The van der Waals surface area contributed by atoms with E-state index in [0.29, 0.717) is 17.6 Å². The molecular weight excluding hydrogens is 235 g/mol. The molecular formula is C13H15FN2O2. The maximum Gasteiger partial charge on any atom is 0.340 e. The molecule has 1 aliphatic carbocycles. The van der Waals surface area contributed by atoms with Crippen LogP contribution in [-0.2, 0) is 0 Å². The first-order valence-corrected chi connectivity index (χ1v) is 6.16. The number of anilines is 2. The van der Waals surface area contributed by atoms with Gasteiger partial charge in [0.15, 0.2) is 0 Å². The number of nitrogens with two attached hydrogens (primary N) is 1. The zero-order chi connectivity index (χ0) is 12.9. The largest absolute Gasteiger partial charge is 0.478 e. The van der Waals surface area contributed by atoms with E-state index in [-0.39, 0.29) is 11.3 Å². The summed E-state index contributed by atoms with van der Waals surface area (Å²) in [6, 6.07) is 3.18. The molecule has 96 valence electrons. The van der Waals surface area contributed by atoms with E-state index in [1.165, 1.54) is 18.6 Å². The minimum atomic E-state index is -1.16. The smallest absolute Gasteiger partial charge is 0.340 e. The number of aromatic carboxylic acids is 1. The lowest BCUT2D eigenvalue weighted by Gasteiger charge is -2.30. The Hall–Kier alpha value is -1.78. The van der Waals surface area contributed by atoms with Gasteiger partial charge in [-0.25, -0.2) is 9.18 Å². The summed E-state index contributed by atoms with van der Waals surface area (Å²) >= 11 is 0. The summed E-state index contributed by atoms with van der Waals surface area (Å²) in [5.74, 6) is -1.19. The van der Waals surface area contributed by atoms with Gasteiger partial charge in [0, 0.05) is 12.6 Å². The minimum Gasteiger partial charge on any atom is -0.478 e. The lowest BCUT2D eigenvalue weighted by atomic mass is 10.1. The average Bonchev–Trinajstić information content (AvgIpc) is 2.93. The maximum atomic E-state index is 13.4. The number of hydrogen-bond donors (Lipinski definition) is 2. The summed E-state index contributed by atoms with van der Waals surface area (Å²) in [6.45, 7) is 0.857. The second-order valence-electron chi connectivity index (χ2n) is 5.15. The summed E-state index contributed by atoms with van der Waals surface area (Å²) in [4.78, 5) is 13.4. The molecule has 1 heterocycles. The van der Waals surface area contributed by atoms with Crippen molar-refractivity contribution in [3.63, 3.8) is 0 Å². The van der Waals surface area contributed by atoms with Crippen LogP contribution in [0, 0.1) is 11.7 Å². The molecule has 2 aliphatic rings. The Morgan fingerprint density at radius 1 is 1.44 bits per heavy atom. The van der Waals surface area contributed by atoms with Gasteiger partial charge in [0.25, 0.3) is 0 Å². The fourth-order valence-corrected chi connectivity index (χ4v) is 3.27. The van der Waals surface area contributed by atoms with Gasteiger partial charge in [0.2, 0.25) is 0 Å². The second kappa shape index (κ2) is 3.86. The van der Waals surface area contributed by atoms with Crippen molar-refractivity contribution in [3.8, 4) is 0 Å². The van der Waals surface area contributed by atoms with Crippen molar-refractivity contribution in [2.45, 2.75) is 25.3 Å². The summed E-state index contributed by atoms with van der Waals surface area (Å²) in [7, 11) is 0. The van der Waals surface area contributed by atoms with Crippen LogP contribution in [0.2, 0.25) is 0 Å². The van der Waals surface area contributed by atoms with Gasteiger partial charge in [-0.2, -0.15) is 0 Å². The van der Waals surface area contributed by atoms with Crippen LogP contribution in [-0.4, -0.2) is 23.7 Å². The van der Waals surface area contributed by atoms with E-state index in [4.69, 9.17) is 5.73 Å². The van der Waals surface area contributed by atoms with E-state index < -0.39 is 11.8 Å². The van der Waals surface area contributed by atoms with Crippen molar-refractivity contribution < 1.29 is 14.3 Å².